The average Bonchev–Trinajstić information content (AvgIpc) is 2.62. The minimum Gasteiger partial charge on any atom is -0.388 e. The predicted octanol–water partition coefficient (Wildman–Crippen LogP) is 0.537. The van der Waals surface area contributed by atoms with E-state index in [0.717, 1.165) is 44.9 Å². The Hall–Kier alpha value is -0.610. The lowest BCUT2D eigenvalue weighted by atomic mass is 9.68. The Kier molecular flexibility index (Phi) is 3.22. The molecule has 16 heavy (non-hydrogen) atoms. The number of nitrogens with one attached hydrogen (secondary N) is 1. The minimum absolute atomic E-state index is 0.0431. The zero-order valence-electron chi connectivity index (χ0n) is 9.80. The van der Waals surface area contributed by atoms with Gasteiger partial charge in [-0.15, -0.1) is 0 Å². The number of carbonyl (C=O) groups excluding carboxylic acids is 1. The third-order valence-electron chi connectivity index (χ3n) is 4.30. The second-order valence-electron chi connectivity index (χ2n) is 5.45. The molecule has 4 nitrogen and oxygen atoms in total. The van der Waals surface area contributed by atoms with Crippen molar-refractivity contribution >= 4 is 5.91 Å². The molecule has 0 aromatic carbocycles. The van der Waals surface area contributed by atoms with Gasteiger partial charge in [-0.2, -0.15) is 0 Å². The largest absolute Gasteiger partial charge is 0.388 e. The first kappa shape index (κ1) is 11.9. The lowest BCUT2D eigenvalue weighted by Gasteiger charge is -2.39. The SMILES string of the molecule is NCC1(C(=O)NCC2(O)CCCC2)CCC1. The van der Waals surface area contributed by atoms with Gasteiger partial charge in [-0.3, -0.25) is 4.79 Å². The van der Waals surface area contributed by atoms with Crippen LogP contribution < -0.4 is 11.1 Å². The van der Waals surface area contributed by atoms with Crippen LogP contribution in [0.3, 0.4) is 0 Å². The molecular weight excluding hydrogens is 204 g/mol. The number of nitrogens with two attached hydrogens (primary N) is 1. The van der Waals surface area contributed by atoms with Crippen molar-refractivity contribution in [2.24, 2.45) is 11.1 Å². The molecule has 0 unspecified atom stereocenters. The highest BCUT2D eigenvalue weighted by atomic mass is 16.3. The molecule has 0 heterocycles. The van der Waals surface area contributed by atoms with Crippen LogP contribution in [-0.4, -0.2) is 29.7 Å². The van der Waals surface area contributed by atoms with Gasteiger partial charge >= 0.3 is 0 Å². The summed E-state index contributed by atoms with van der Waals surface area (Å²) in [5, 5.41) is 13.0. The van der Waals surface area contributed by atoms with E-state index in [9.17, 15) is 9.90 Å². The van der Waals surface area contributed by atoms with Crippen LogP contribution >= 0.6 is 0 Å². The molecule has 2 aliphatic carbocycles. The second-order valence-corrected chi connectivity index (χ2v) is 5.45. The lowest BCUT2D eigenvalue weighted by Crippen LogP contribution is -2.53. The van der Waals surface area contributed by atoms with Gasteiger partial charge in [0.2, 0.25) is 5.91 Å². The number of amides is 1. The summed E-state index contributed by atoms with van der Waals surface area (Å²) in [6, 6.07) is 0. The molecule has 0 atom stereocenters. The van der Waals surface area contributed by atoms with Crippen molar-refractivity contribution in [3.05, 3.63) is 0 Å². The molecule has 1 amide bonds. The molecule has 0 bridgehead atoms. The third-order valence-corrected chi connectivity index (χ3v) is 4.30. The van der Waals surface area contributed by atoms with Crippen molar-refractivity contribution < 1.29 is 9.90 Å². The lowest BCUT2D eigenvalue weighted by molar-refractivity contribution is -0.136. The van der Waals surface area contributed by atoms with Gasteiger partial charge in [0, 0.05) is 13.1 Å². The third kappa shape index (κ3) is 2.09. The van der Waals surface area contributed by atoms with E-state index in [1.54, 1.807) is 0 Å². The van der Waals surface area contributed by atoms with Crippen LogP contribution in [0, 0.1) is 5.41 Å². The molecule has 4 heteroatoms. The zero-order valence-corrected chi connectivity index (χ0v) is 9.80. The van der Waals surface area contributed by atoms with Crippen LogP contribution in [0.1, 0.15) is 44.9 Å². The molecule has 92 valence electrons. The highest BCUT2D eigenvalue weighted by Gasteiger charge is 2.43. The number of aliphatic hydroxyl groups is 1. The summed E-state index contributed by atoms with van der Waals surface area (Å²) in [6.07, 6.45) is 6.63. The zero-order chi connectivity index (χ0) is 11.6. The van der Waals surface area contributed by atoms with Crippen molar-refractivity contribution in [3.8, 4) is 0 Å². The number of hydrogen-bond donors (Lipinski definition) is 3. The van der Waals surface area contributed by atoms with E-state index < -0.39 is 5.60 Å². The van der Waals surface area contributed by atoms with Gasteiger partial charge in [-0.25, -0.2) is 0 Å². The van der Waals surface area contributed by atoms with E-state index in [1.807, 2.05) is 0 Å². The molecule has 2 aliphatic rings. The maximum absolute atomic E-state index is 12.0. The van der Waals surface area contributed by atoms with Crippen LogP contribution in [-0.2, 0) is 4.79 Å². The molecule has 2 fully saturated rings. The van der Waals surface area contributed by atoms with Crippen molar-refractivity contribution in [1.29, 1.82) is 0 Å². The average molecular weight is 226 g/mol. The van der Waals surface area contributed by atoms with E-state index in [1.165, 1.54) is 0 Å². The van der Waals surface area contributed by atoms with E-state index in [0.29, 0.717) is 13.1 Å². The van der Waals surface area contributed by atoms with Gasteiger partial charge in [0.05, 0.1) is 11.0 Å². The Morgan fingerprint density at radius 3 is 2.25 bits per heavy atom. The van der Waals surface area contributed by atoms with Gasteiger partial charge < -0.3 is 16.2 Å². The standard InChI is InChI=1S/C12H22N2O2/c13-8-11(4-3-5-11)10(15)14-9-12(16)6-1-2-7-12/h16H,1-9,13H2,(H,14,15). The highest BCUT2D eigenvalue weighted by Crippen LogP contribution is 2.40. The Morgan fingerprint density at radius 1 is 1.19 bits per heavy atom. The van der Waals surface area contributed by atoms with Crippen LogP contribution in [0.5, 0.6) is 0 Å². The molecule has 2 rings (SSSR count). The van der Waals surface area contributed by atoms with Crippen molar-refractivity contribution in [2.45, 2.75) is 50.5 Å². The van der Waals surface area contributed by atoms with Crippen LogP contribution in [0.4, 0.5) is 0 Å². The van der Waals surface area contributed by atoms with E-state index in [2.05, 4.69) is 5.32 Å². The maximum Gasteiger partial charge on any atom is 0.227 e. The predicted molar refractivity (Wildman–Crippen MR) is 61.8 cm³/mol. The first-order chi connectivity index (χ1) is 7.60. The summed E-state index contributed by atoms with van der Waals surface area (Å²) >= 11 is 0. The summed E-state index contributed by atoms with van der Waals surface area (Å²) < 4.78 is 0. The van der Waals surface area contributed by atoms with Gasteiger partial charge in [-0.05, 0) is 25.7 Å². The van der Waals surface area contributed by atoms with Crippen molar-refractivity contribution in [3.63, 3.8) is 0 Å². The van der Waals surface area contributed by atoms with Gasteiger partial charge in [0.25, 0.3) is 0 Å². The Balaban J connectivity index is 1.83. The summed E-state index contributed by atoms with van der Waals surface area (Å²) in [4.78, 5) is 12.0. The number of rotatable bonds is 4. The van der Waals surface area contributed by atoms with E-state index in [-0.39, 0.29) is 11.3 Å². The molecule has 0 saturated heterocycles. The Bertz CT molecular complexity index is 263. The quantitative estimate of drug-likeness (QED) is 0.655. The monoisotopic (exact) mass is 226 g/mol. The highest BCUT2D eigenvalue weighted by molar-refractivity contribution is 5.83. The number of carbonyl (C=O) groups is 1. The molecule has 0 aliphatic heterocycles. The smallest absolute Gasteiger partial charge is 0.227 e. The van der Waals surface area contributed by atoms with Gasteiger partial charge in [-0.1, -0.05) is 19.3 Å². The summed E-state index contributed by atoms with van der Waals surface area (Å²) in [6.45, 7) is 0.824. The first-order valence-electron chi connectivity index (χ1n) is 6.31. The van der Waals surface area contributed by atoms with Crippen LogP contribution in [0.15, 0.2) is 0 Å². The molecular formula is C12H22N2O2. The van der Waals surface area contributed by atoms with Crippen molar-refractivity contribution in [1.82, 2.24) is 5.32 Å². The van der Waals surface area contributed by atoms with Crippen LogP contribution in [0.25, 0.3) is 0 Å². The van der Waals surface area contributed by atoms with Crippen molar-refractivity contribution in [2.75, 3.05) is 13.1 Å². The Labute approximate surface area is 96.6 Å². The maximum atomic E-state index is 12.0. The van der Waals surface area contributed by atoms with Gasteiger partial charge in [0.1, 0.15) is 0 Å². The minimum atomic E-state index is -0.658. The summed E-state index contributed by atoms with van der Waals surface area (Å²) in [5.41, 5.74) is 4.68. The van der Waals surface area contributed by atoms with Crippen LogP contribution in [0.2, 0.25) is 0 Å². The summed E-state index contributed by atoms with van der Waals surface area (Å²) in [5.74, 6) is 0.0431. The molecule has 0 radical (unpaired) electrons. The molecule has 0 aromatic rings. The molecule has 0 spiro atoms. The molecule has 4 N–H and O–H groups in total. The molecule has 0 aromatic heterocycles. The van der Waals surface area contributed by atoms with E-state index >= 15 is 0 Å². The van der Waals surface area contributed by atoms with E-state index in [4.69, 9.17) is 5.73 Å². The Morgan fingerprint density at radius 2 is 1.81 bits per heavy atom. The normalized spacial score (nSPS) is 26.1. The van der Waals surface area contributed by atoms with Gasteiger partial charge in [0.15, 0.2) is 0 Å². The fourth-order valence-corrected chi connectivity index (χ4v) is 2.77. The summed E-state index contributed by atoms with van der Waals surface area (Å²) in [7, 11) is 0. The number of hydrogen-bond acceptors (Lipinski definition) is 3. The topological polar surface area (TPSA) is 75.4 Å². The first-order valence-corrected chi connectivity index (χ1v) is 6.31. The fraction of sp³-hybridized carbons (Fsp3) is 0.917. The fourth-order valence-electron chi connectivity index (χ4n) is 2.77. The molecule has 2 saturated carbocycles. The second kappa shape index (κ2) is 4.34.